The van der Waals surface area contributed by atoms with E-state index in [9.17, 15) is 33.9 Å². The van der Waals surface area contributed by atoms with Gasteiger partial charge in [0.15, 0.2) is 0 Å². The molecule has 2 atom stereocenters. The van der Waals surface area contributed by atoms with Gasteiger partial charge in [-0.05, 0) is 177 Å². The maximum atomic E-state index is 13.5. The third kappa shape index (κ3) is 12.4. The Morgan fingerprint density at radius 1 is 0.556 bits per heavy atom. The first kappa shape index (κ1) is 54.0. The second-order valence-electron chi connectivity index (χ2n) is 19.9. The summed E-state index contributed by atoms with van der Waals surface area (Å²) in [6.07, 6.45) is 10.2. The summed E-state index contributed by atoms with van der Waals surface area (Å²) >= 11 is 0. The van der Waals surface area contributed by atoms with E-state index in [0.29, 0.717) is 80.6 Å². The van der Waals surface area contributed by atoms with E-state index < -0.39 is 5.97 Å². The van der Waals surface area contributed by atoms with Crippen molar-refractivity contribution in [1.82, 2.24) is 34.5 Å². The van der Waals surface area contributed by atoms with Gasteiger partial charge in [-0.25, -0.2) is 0 Å². The van der Waals surface area contributed by atoms with Crippen molar-refractivity contribution in [2.45, 2.75) is 119 Å². The van der Waals surface area contributed by atoms with Crippen LogP contribution in [0.15, 0.2) is 36.4 Å². The van der Waals surface area contributed by atoms with Gasteiger partial charge in [0.2, 0.25) is 17.7 Å². The lowest BCUT2D eigenvalue weighted by Crippen LogP contribution is -2.40. The standard InChI is InChI=1S/C30H44N4O4.C26H35N3O5/c1-5-31-28(35)19-33(8-4)30(37)23-10-12-27-25(18-23)24-17-22(21-13-15-38-16-14-21)9-11-26(24)34(27)20-29(36)32(6-2)7-3;1-3-27-24(30)15-28(4-2)26(33)19-6-8-23-21(14-19)20-13-18(17-9-11-34-12-10-17)5-7-22(20)29(23)16-25(31)32/h10,12,18,21-22H,5-9,11,13-17,19-20H2,1-4H3,(H,31,35);6,8,14,17-18H,3-5,7,9-13,15-16H2,1-2H3,(H,27,30)(H,31,32). The molecule has 2 aromatic heterocycles. The molecule has 0 radical (unpaired) electrons. The van der Waals surface area contributed by atoms with Gasteiger partial charge in [-0.15, -0.1) is 0 Å². The molecule has 16 heteroatoms. The highest BCUT2D eigenvalue weighted by atomic mass is 16.5. The topological polar surface area (TPSA) is 185 Å². The SMILES string of the molecule is CCNC(=O)CN(CC)C(=O)c1ccc2c(c1)c1c(n2CC(=O)N(CC)CC)CCC(C2CCOCC2)C1.CCNC(=O)CN(CC)C(=O)c1ccc2c(c1)c1c(n2CC(=O)O)CCC(C2CCOCC2)C1. The molecular weight excluding hydrogens is 915 g/mol. The normalized spacial score (nSPS) is 18.1. The lowest BCUT2D eigenvalue weighted by atomic mass is 9.75. The summed E-state index contributed by atoms with van der Waals surface area (Å²) < 4.78 is 15.3. The van der Waals surface area contributed by atoms with Crippen molar-refractivity contribution in [1.29, 1.82) is 0 Å². The number of nitrogens with one attached hydrogen (secondary N) is 2. The minimum Gasteiger partial charge on any atom is -0.480 e. The van der Waals surface area contributed by atoms with Crippen molar-refractivity contribution in [3.8, 4) is 0 Å². The second kappa shape index (κ2) is 25.3. The zero-order chi connectivity index (χ0) is 51.5. The number of carboxylic acid groups (broad SMARTS) is 1. The van der Waals surface area contributed by atoms with Gasteiger partial charge in [0.05, 0.1) is 13.1 Å². The fourth-order valence-electron chi connectivity index (χ4n) is 12.0. The molecule has 0 saturated carbocycles. The first-order valence-corrected chi connectivity index (χ1v) is 26.9. The molecule has 4 aliphatic rings. The van der Waals surface area contributed by atoms with Crippen molar-refractivity contribution in [3.63, 3.8) is 0 Å². The first-order chi connectivity index (χ1) is 34.8. The Labute approximate surface area is 425 Å². The van der Waals surface area contributed by atoms with Gasteiger partial charge < -0.3 is 49.0 Å². The maximum absolute atomic E-state index is 13.5. The highest BCUT2D eigenvalue weighted by molar-refractivity contribution is 6.02. The van der Waals surface area contributed by atoms with Crippen LogP contribution in [0.1, 0.15) is 123 Å². The van der Waals surface area contributed by atoms with Crippen molar-refractivity contribution in [2.24, 2.45) is 23.7 Å². The molecule has 5 amide bonds. The average molecular weight is 994 g/mol. The summed E-state index contributed by atoms with van der Waals surface area (Å²) in [6, 6.07) is 11.4. The van der Waals surface area contributed by atoms with E-state index in [1.807, 2.05) is 81.3 Å². The number of amides is 5. The fraction of sp³-hybridized carbons (Fsp3) is 0.607. The molecule has 2 saturated heterocycles. The van der Waals surface area contributed by atoms with Crippen LogP contribution < -0.4 is 10.6 Å². The summed E-state index contributed by atoms with van der Waals surface area (Å²) in [5, 5.41) is 17.1. The predicted molar refractivity (Wildman–Crippen MR) is 278 cm³/mol. The van der Waals surface area contributed by atoms with Crippen LogP contribution >= 0.6 is 0 Å². The van der Waals surface area contributed by atoms with Gasteiger partial charge in [-0.1, -0.05) is 0 Å². The molecule has 392 valence electrons. The van der Waals surface area contributed by atoms with Crippen LogP contribution in [-0.4, -0.2) is 143 Å². The first-order valence-electron chi connectivity index (χ1n) is 26.9. The number of likely N-dealkylation sites (N-methyl/N-ethyl adjacent to an activating group) is 5. The Morgan fingerprint density at radius 3 is 1.33 bits per heavy atom. The second-order valence-corrected chi connectivity index (χ2v) is 19.9. The molecule has 16 nitrogen and oxygen atoms in total. The van der Waals surface area contributed by atoms with E-state index >= 15 is 0 Å². The molecule has 3 N–H and O–H groups in total. The van der Waals surface area contributed by atoms with E-state index in [0.717, 1.165) is 118 Å². The number of fused-ring (bicyclic) bond motifs is 6. The van der Waals surface area contributed by atoms with Gasteiger partial charge in [-0.2, -0.15) is 0 Å². The Hall–Kier alpha value is -5.74. The number of carbonyl (C=O) groups is 6. The van der Waals surface area contributed by atoms with Crippen molar-refractivity contribution >= 4 is 57.3 Å². The van der Waals surface area contributed by atoms with Gasteiger partial charge in [0, 0.05) is 110 Å². The molecule has 0 bridgehead atoms. The molecule has 2 fully saturated rings. The van der Waals surface area contributed by atoms with Crippen LogP contribution in [0, 0.1) is 23.7 Å². The number of rotatable bonds is 18. The van der Waals surface area contributed by atoms with Crippen LogP contribution in [0.4, 0.5) is 0 Å². The number of carboxylic acids is 1. The van der Waals surface area contributed by atoms with Gasteiger partial charge in [0.1, 0.15) is 13.1 Å². The fourth-order valence-corrected chi connectivity index (χ4v) is 12.0. The largest absolute Gasteiger partial charge is 0.480 e. The van der Waals surface area contributed by atoms with Crippen molar-refractivity contribution in [3.05, 3.63) is 70.0 Å². The molecule has 4 aromatic rings. The van der Waals surface area contributed by atoms with Crippen LogP contribution in [-0.2, 0) is 67.4 Å². The molecule has 2 aromatic carbocycles. The Morgan fingerprint density at radius 2 is 0.958 bits per heavy atom. The number of hydrogen-bond acceptors (Lipinski definition) is 8. The highest BCUT2D eigenvalue weighted by Crippen LogP contribution is 2.42. The molecule has 4 heterocycles. The van der Waals surface area contributed by atoms with E-state index in [2.05, 4.69) is 15.2 Å². The monoisotopic (exact) mass is 994 g/mol. The lowest BCUT2D eigenvalue weighted by Gasteiger charge is -2.33. The Kier molecular flexibility index (Phi) is 19.0. The lowest BCUT2D eigenvalue weighted by molar-refractivity contribution is -0.137. The summed E-state index contributed by atoms with van der Waals surface area (Å²) in [6.45, 7) is 18.4. The number of ether oxygens (including phenoxy) is 2. The van der Waals surface area contributed by atoms with Crippen LogP contribution in [0.5, 0.6) is 0 Å². The van der Waals surface area contributed by atoms with E-state index in [1.54, 1.807) is 11.0 Å². The quantitative estimate of drug-likeness (QED) is 0.100. The number of benzene rings is 2. The summed E-state index contributed by atoms with van der Waals surface area (Å²) in [5.41, 5.74) is 7.80. The third-order valence-electron chi connectivity index (χ3n) is 15.8. The van der Waals surface area contributed by atoms with Gasteiger partial charge in [-0.3, -0.25) is 28.8 Å². The highest BCUT2D eigenvalue weighted by Gasteiger charge is 2.34. The summed E-state index contributed by atoms with van der Waals surface area (Å²) in [5.74, 6) is 1.01. The molecule has 2 aliphatic carbocycles. The van der Waals surface area contributed by atoms with E-state index in [-0.39, 0.29) is 49.2 Å². The molecule has 0 spiro atoms. The molecule has 2 unspecified atom stereocenters. The average Bonchev–Trinajstić information content (AvgIpc) is 3.87. The van der Waals surface area contributed by atoms with Crippen molar-refractivity contribution in [2.75, 3.05) is 78.8 Å². The molecular formula is C56H79N7O9. The zero-order valence-corrected chi connectivity index (χ0v) is 43.7. The van der Waals surface area contributed by atoms with E-state index in [1.165, 1.54) is 21.7 Å². The number of hydrogen-bond donors (Lipinski definition) is 3. The summed E-state index contributed by atoms with van der Waals surface area (Å²) in [4.78, 5) is 80.8. The van der Waals surface area contributed by atoms with Crippen LogP contribution in [0.2, 0.25) is 0 Å². The number of carbonyl (C=O) groups excluding carboxylic acids is 5. The zero-order valence-electron chi connectivity index (χ0n) is 43.7. The smallest absolute Gasteiger partial charge is 0.323 e. The van der Waals surface area contributed by atoms with Crippen LogP contribution in [0.3, 0.4) is 0 Å². The number of aromatic nitrogens is 2. The Bertz CT molecular complexity index is 2570. The van der Waals surface area contributed by atoms with Gasteiger partial charge in [0.25, 0.3) is 11.8 Å². The number of nitrogens with zero attached hydrogens (tertiary/aromatic N) is 5. The number of aliphatic carboxylic acids is 1. The molecule has 8 rings (SSSR count). The van der Waals surface area contributed by atoms with Gasteiger partial charge >= 0.3 is 5.97 Å². The predicted octanol–water partition coefficient (Wildman–Crippen LogP) is 6.50. The van der Waals surface area contributed by atoms with Crippen molar-refractivity contribution < 1.29 is 43.3 Å². The third-order valence-corrected chi connectivity index (χ3v) is 15.8. The molecule has 72 heavy (non-hydrogen) atoms. The summed E-state index contributed by atoms with van der Waals surface area (Å²) in [7, 11) is 0. The maximum Gasteiger partial charge on any atom is 0.323 e. The van der Waals surface area contributed by atoms with Crippen LogP contribution in [0.25, 0.3) is 21.8 Å². The molecule has 2 aliphatic heterocycles. The minimum absolute atomic E-state index is 0.0190. The minimum atomic E-state index is -0.870. The Balaban J connectivity index is 0.000000213. The van der Waals surface area contributed by atoms with E-state index in [4.69, 9.17) is 9.47 Å².